The van der Waals surface area contributed by atoms with Gasteiger partial charge in [0.25, 0.3) is 5.56 Å². The van der Waals surface area contributed by atoms with Crippen molar-refractivity contribution in [2.24, 2.45) is 5.92 Å². The van der Waals surface area contributed by atoms with Crippen LogP contribution in [0.5, 0.6) is 0 Å². The van der Waals surface area contributed by atoms with E-state index in [-0.39, 0.29) is 29.0 Å². The number of benzene rings is 1. The summed E-state index contributed by atoms with van der Waals surface area (Å²) < 4.78 is 19.4. The second-order valence-corrected chi connectivity index (χ2v) is 9.14. The lowest BCUT2D eigenvalue weighted by atomic mass is 9.85. The van der Waals surface area contributed by atoms with Crippen molar-refractivity contribution in [3.63, 3.8) is 0 Å². The van der Waals surface area contributed by atoms with E-state index in [1.54, 1.807) is 13.0 Å². The fourth-order valence-corrected chi connectivity index (χ4v) is 5.00. The zero-order valence-electron chi connectivity index (χ0n) is 19.1. The molecule has 172 valence electrons. The molecule has 8 heteroatoms. The van der Waals surface area contributed by atoms with Crippen molar-refractivity contribution in [3.05, 3.63) is 56.4 Å². The van der Waals surface area contributed by atoms with E-state index in [9.17, 15) is 14.7 Å². The summed E-state index contributed by atoms with van der Waals surface area (Å²) in [6.07, 6.45) is 6.20. The fourth-order valence-electron chi connectivity index (χ4n) is 5.00. The Labute approximate surface area is 186 Å². The summed E-state index contributed by atoms with van der Waals surface area (Å²) in [6, 6.07) is 2.89. The molecule has 1 aromatic carbocycles. The number of aliphatic hydroxyl groups is 1. The predicted molar refractivity (Wildman–Crippen MR) is 122 cm³/mol. The van der Waals surface area contributed by atoms with Gasteiger partial charge in [-0.2, -0.15) is 4.68 Å². The van der Waals surface area contributed by atoms with Gasteiger partial charge in [-0.3, -0.25) is 9.36 Å². The van der Waals surface area contributed by atoms with Crippen molar-refractivity contribution in [1.82, 2.24) is 18.9 Å². The maximum Gasteiger partial charge on any atom is 0.350 e. The Bertz CT molecular complexity index is 1270. The van der Waals surface area contributed by atoms with Crippen LogP contribution >= 0.6 is 0 Å². The minimum atomic E-state index is -0.689. The van der Waals surface area contributed by atoms with E-state index in [0.717, 1.165) is 29.5 Å². The summed E-state index contributed by atoms with van der Waals surface area (Å²) >= 11 is 0. The highest BCUT2D eigenvalue weighted by molar-refractivity contribution is 5.87. The van der Waals surface area contributed by atoms with Gasteiger partial charge in [-0.25, -0.2) is 9.18 Å². The molecule has 0 amide bonds. The number of pyridine rings is 1. The second-order valence-electron chi connectivity index (χ2n) is 9.14. The SMILES string of the molecule is CCn1c(CO)nn(-c2cc3c(C(C)C)cn([C@@H]4CCCC[C@@H]4C)c(=O)c3cc2F)c1=O. The lowest BCUT2D eigenvalue weighted by Gasteiger charge is -2.31. The van der Waals surface area contributed by atoms with Crippen LogP contribution in [0.1, 0.15) is 76.7 Å². The third-order valence-electron chi connectivity index (χ3n) is 6.81. The van der Waals surface area contributed by atoms with Gasteiger partial charge in [-0.15, -0.1) is 5.10 Å². The first-order chi connectivity index (χ1) is 15.3. The van der Waals surface area contributed by atoms with Crippen molar-refractivity contribution in [1.29, 1.82) is 0 Å². The van der Waals surface area contributed by atoms with E-state index in [1.807, 2.05) is 24.6 Å². The van der Waals surface area contributed by atoms with Gasteiger partial charge in [0, 0.05) is 18.8 Å². The largest absolute Gasteiger partial charge is 0.388 e. The van der Waals surface area contributed by atoms with E-state index < -0.39 is 18.1 Å². The van der Waals surface area contributed by atoms with Crippen LogP contribution in [0.25, 0.3) is 16.5 Å². The number of aliphatic hydroxyl groups excluding tert-OH is 1. The van der Waals surface area contributed by atoms with Crippen molar-refractivity contribution < 1.29 is 9.50 Å². The molecule has 1 saturated carbocycles. The van der Waals surface area contributed by atoms with Gasteiger partial charge in [-0.1, -0.05) is 33.6 Å². The van der Waals surface area contributed by atoms with Gasteiger partial charge in [0.15, 0.2) is 5.82 Å². The Morgan fingerprint density at radius 3 is 2.50 bits per heavy atom. The molecule has 0 spiro atoms. The Kier molecular flexibility index (Phi) is 6.07. The first-order valence-electron chi connectivity index (χ1n) is 11.5. The smallest absolute Gasteiger partial charge is 0.350 e. The van der Waals surface area contributed by atoms with Crippen LogP contribution < -0.4 is 11.2 Å². The van der Waals surface area contributed by atoms with Gasteiger partial charge >= 0.3 is 5.69 Å². The van der Waals surface area contributed by atoms with Crippen LogP contribution in [0.2, 0.25) is 0 Å². The van der Waals surface area contributed by atoms with Crippen LogP contribution in [-0.4, -0.2) is 24.0 Å². The number of aromatic nitrogens is 4. The van der Waals surface area contributed by atoms with Gasteiger partial charge in [-0.05, 0) is 54.7 Å². The lowest BCUT2D eigenvalue weighted by Crippen LogP contribution is -2.31. The molecule has 1 fully saturated rings. The number of halogens is 1. The highest BCUT2D eigenvalue weighted by atomic mass is 19.1. The Balaban J connectivity index is 1.98. The molecule has 1 aliphatic carbocycles. The van der Waals surface area contributed by atoms with Crippen molar-refractivity contribution in [2.75, 3.05) is 0 Å². The molecule has 32 heavy (non-hydrogen) atoms. The molecule has 3 aromatic rings. The summed E-state index contributed by atoms with van der Waals surface area (Å²) in [6.45, 7) is 7.90. The standard InChI is InChI=1S/C24H31FN4O3/c1-5-27-22(13-30)26-29(24(27)32)21-11-16-17(10-19(21)25)23(31)28(12-18(16)14(2)3)20-9-7-6-8-15(20)4/h10-12,14-15,20,30H,5-9,13H2,1-4H3/t15-,20+/m0/s1. The van der Waals surface area contributed by atoms with Crippen molar-refractivity contribution in [2.45, 2.75) is 78.5 Å². The van der Waals surface area contributed by atoms with Gasteiger partial charge < -0.3 is 9.67 Å². The molecule has 2 atom stereocenters. The quantitative estimate of drug-likeness (QED) is 0.650. The highest BCUT2D eigenvalue weighted by Gasteiger charge is 2.26. The number of rotatable bonds is 5. The first kappa shape index (κ1) is 22.5. The number of nitrogens with zero attached hydrogens (tertiary/aromatic N) is 4. The molecule has 0 radical (unpaired) electrons. The van der Waals surface area contributed by atoms with Crippen molar-refractivity contribution in [3.8, 4) is 5.69 Å². The van der Waals surface area contributed by atoms with Crippen molar-refractivity contribution >= 4 is 10.8 Å². The Morgan fingerprint density at radius 1 is 1.19 bits per heavy atom. The predicted octanol–water partition coefficient (Wildman–Crippen LogP) is 3.87. The molecule has 0 unspecified atom stereocenters. The molecule has 1 aliphatic rings. The maximum absolute atomic E-state index is 15.3. The van der Waals surface area contributed by atoms with E-state index in [4.69, 9.17) is 0 Å². The van der Waals surface area contributed by atoms with Gasteiger partial charge in [0.2, 0.25) is 0 Å². The molecule has 2 aromatic heterocycles. The second kappa shape index (κ2) is 8.65. The molecule has 7 nitrogen and oxygen atoms in total. The molecular weight excluding hydrogens is 411 g/mol. The Morgan fingerprint density at radius 2 is 1.91 bits per heavy atom. The number of hydrogen-bond donors (Lipinski definition) is 1. The summed E-state index contributed by atoms with van der Waals surface area (Å²) in [5.74, 6) is -0.0372. The molecule has 1 N–H and O–H groups in total. The first-order valence-corrected chi connectivity index (χ1v) is 11.5. The van der Waals surface area contributed by atoms with Gasteiger partial charge in [0.1, 0.15) is 18.1 Å². The van der Waals surface area contributed by atoms with E-state index in [1.165, 1.54) is 17.1 Å². The molecule has 4 rings (SSSR count). The third kappa shape index (κ3) is 3.60. The normalized spacial score (nSPS) is 19.2. The summed E-state index contributed by atoms with van der Waals surface area (Å²) in [5.41, 5.74) is 0.194. The van der Waals surface area contributed by atoms with Crippen LogP contribution in [0.3, 0.4) is 0 Å². The number of fused-ring (bicyclic) bond motifs is 1. The van der Waals surface area contributed by atoms with E-state index in [2.05, 4.69) is 12.0 Å². The zero-order valence-corrected chi connectivity index (χ0v) is 19.1. The average Bonchev–Trinajstić information content (AvgIpc) is 3.09. The minimum absolute atomic E-state index is 0.0190. The third-order valence-corrected chi connectivity index (χ3v) is 6.81. The van der Waals surface area contributed by atoms with E-state index >= 15 is 4.39 Å². The Hall–Kier alpha value is -2.74. The lowest BCUT2D eigenvalue weighted by molar-refractivity contribution is 0.252. The van der Waals surface area contributed by atoms with Crippen LogP contribution in [-0.2, 0) is 13.2 Å². The summed E-state index contributed by atoms with van der Waals surface area (Å²) in [4.78, 5) is 26.2. The molecule has 0 bridgehead atoms. The van der Waals surface area contributed by atoms with E-state index in [0.29, 0.717) is 23.2 Å². The summed E-state index contributed by atoms with van der Waals surface area (Å²) in [5, 5.41) is 14.6. The summed E-state index contributed by atoms with van der Waals surface area (Å²) in [7, 11) is 0. The molecular formula is C24H31FN4O3. The van der Waals surface area contributed by atoms with Crippen LogP contribution in [0.4, 0.5) is 4.39 Å². The maximum atomic E-state index is 15.3. The average molecular weight is 443 g/mol. The van der Waals surface area contributed by atoms with Crippen LogP contribution in [0.15, 0.2) is 27.9 Å². The van der Waals surface area contributed by atoms with Crippen LogP contribution in [0, 0.1) is 11.7 Å². The molecule has 0 aliphatic heterocycles. The topological polar surface area (TPSA) is 82.0 Å². The monoisotopic (exact) mass is 442 g/mol. The minimum Gasteiger partial charge on any atom is -0.388 e. The zero-order chi connectivity index (χ0) is 23.2. The molecule has 2 heterocycles. The number of hydrogen-bond acceptors (Lipinski definition) is 4. The fraction of sp³-hybridized carbons (Fsp3) is 0.542. The molecule has 0 saturated heterocycles. The highest BCUT2D eigenvalue weighted by Crippen LogP contribution is 2.35. The van der Waals surface area contributed by atoms with Gasteiger partial charge in [0.05, 0.1) is 5.39 Å².